The topological polar surface area (TPSA) is 81.0 Å². The molecule has 1 unspecified atom stereocenters. The van der Waals surface area contributed by atoms with Crippen molar-refractivity contribution in [2.24, 2.45) is 5.92 Å². The van der Waals surface area contributed by atoms with E-state index >= 15 is 0 Å². The van der Waals surface area contributed by atoms with Gasteiger partial charge in [-0.2, -0.15) is 0 Å². The molecule has 1 aliphatic heterocycles. The molecule has 134 valence electrons. The van der Waals surface area contributed by atoms with Gasteiger partial charge >= 0.3 is 5.97 Å². The molecule has 2 rings (SSSR count). The zero-order valence-corrected chi connectivity index (χ0v) is 14.5. The lowest BCUT2D eigenvalue weighted by molar-refractivity contribution is 0.0124. The summed E-state index contributed by atoms with van der Waals surface area (Å²) in [6.07, 6.45) is 2.22. The summed E-state index contributed by atoms with van der Waals surface area (Å²) in [5, 5.41) is 2.90. The zero-order valence-electron chi connectivity index (χ0n) is 14.5. The van der Waals surface area contributed by atoms with E-state index in [1.54, 1.807) is 0 Å². The van der Waals surface area contributed by atoms with Gasteiger partial charge in [-0.05, 0) is 12.3 Å². The highest BCUT2D eigenvalue weighted by atomic mass is 16.5. The van der Waals surface area contributed by atoms with E-state index in [0.717, 1.165) is 32.7 Å². The third-order valence-corrected chi connectivity index (χ3v) is 4.05. The second-order valence-corrected chi connectivity index (χ2v) is 6.33. The Balaban J connectivity index is 1.93. The molecule has 1 aliphatic rings. The molecule has 0 bridgehead atoms. The minimum Gasteiger partial charge on any atom is -0.465 e. The van der Waals surface area contributed by atoms with Gasteiger partial charge in [-0.25, -0.2) is 4.79 Å². The van der Waals surface area contributed by atoms with Crippen molar-refractivity contribution in [2.75, 3.05) is 40.0 Å². The molecule has 1 saturated heterocycles. The number of nitrogens with one attached hydrogen (secondary N) is 1. The molecule has 1 amide bonds. The van der Waals surface area contributed by atoms with E-state index in [1.165, 1.54) is 19.4 Å². The number of methoxy groups -OCH3 is 1. The molecule has 1 N–H and O–H groups in total. The van der Waals surface area contributed by atoms with Crippen LogP contribution in [0.15, 0.2) is 16.7 Å². The molecule has 0 saturated carbocycles. The molecule has 7 heteroatoms. The van der Waals surface area contributed by atoms with Crippen molar-refractivity contribution in [1.82, 2.24) is 10.2 Å². The lowest BCUT2D eigenvalue weighted by Gasteiger charge is -2.35. The van der Waals surface area contributed by atoms with Crippen LogP contribution in [-0.2, 0) is 9.47 Å². The van der Waals surface area contributed by atoms with Crippen molar-refractivity contribution in [3.05, 3.63) is 23.7 Å². The largest absolute Gasteiger partial charge is 0.465 e. The molecule has 24 heavy (non-hydrogen) atoms. The first-order valence-electron chi connectivity index (χ1n) is 8.28. The lowest BCUT2D eigenvalue weighted by atomic mass is 10.0. The van der Waals surface area contributed by atoms with Gasteiger partial charge in [0.15, 0.2) is 5.76 Å². The molecule has 0 aliphatic carbocycles. The van der Waals surface area contributed by atoms with Crippen LogP contribution in [-0.4, -0.2) is 62.8 Å². The van der Waals surface area contributed by atoms with Crippen molar-refractivity contribution in [1.29, 1.82) is 0 Å². The Morgan fingerprint density at radius 3 is 2.67 bits per heavy atom. The number of morpholine rings is 1. The smallest absolute Gasteiger partial charge is 0.341 e. The maximum absolute atomic E-state index is 12.2. The molecule has 1 fully saturated rings. The number of nitrogens with zero attached hydrogens (tertiary/aromatic N) is 1. The molecule has 1 aromatic heterocycles. The number of carbonyl (C=O) groups excluding carboxylic acids is 2. The molecular formula is C17H26N2O5. The van der Waals surface area contributed by atoms with Crippen molar-refractivity contribution in [2.45, 2.75) is 26.3 Å². The van der Waals surface area contributed by atoms with Crippen LogP contribution >= 0.6 is 0 Å². The molecule has 0 radical (unpaired) electrons. The highest BCUT2D eigenvalue weighted by molar-refractivity contribution is 5.96. The van der Waals surface area contributed by atoms with Crippen LogP contribution in [0.3, 0.4) is 0 Å². The quantitative estimate of drug-likeness (QED) is 0.760. The standard InChI is InChI=1S/C17H26N2O5/c1-12(2)8-14(19-4-6-23-7-5-19)10-18-16(20)15-9-13(11-24-15)17(21)22-3/h9,11-12,14H,4-8,10H2,1-3H3,(H,18,20). The second kappa shape index (κ2) is 8.84. The molecule has 1 aromatic rings. The van der Waals surface area contributed by atoms with Gasteiger partial charge in [-0.15, -0.1) is 0 Å². The van der Waals surface area contributed by atoms with E-state index in [1.807, 2.05) is 0 Å². The van der Waals surface area contributed by atoms with Gasteiger partial charge < -0.3 is 19.2 Å². The average molecular weight is 338 g/mol. The van der Waals surface area contributed by atoms with Crippen molar-refractivity contribution >= 4 is 11.9 Å². The molecule has 1 atom stereocenters. The van der Waals surface area contributed by atoms with Gasteiger partial charge in [0, 0.05) is 31.7 Å². The predicted molar refractivity (Wildman–Crippen MR) is 88.0 cm³/mol. The Kier molecular flexibility index (Phi) is 6.81. The van der Waals surface area contributed by atoms with Gasteiger partial charge in [-0.3, -0.25) is 9.69 Å². The van der Waals surface area contributed by atoms with Gasteiger partial charge in [0.25, 0.3) is 5.91 Å². The van der Waals surface area contributed by atoms with Crippen LogP contribution in [0.1, 0.15) is 41.2 Å². The van der Waals surface area contributed by atoms with E-state index in [2.05, 4.69) is 28.8 Å². The number of hydrogen-bond donors (Lipinski definition) is 1. The molecule has 2 heterocycles. The molecular weight excluding hydrogens is 312 g/mol. The summed E-state index contributed by atoms with van der Waals surface area (Å²) in [6, 6.07) is 1.65. The van der Waals surface area contributed by atoms with Crippen molar-refractivity contribution in [3.8, 4) is 0 Å². The van der Waals surface area contributed by atoms with Gasteiger partial charge in [0.05, 0.1) is 25.9 Å². The van der Waals surface area contributed by atoms with E-state index in [-0.39, 0.29) is 23.3 Å². The number of ether oxygens (including phenoxy) is 2. The third-order valence-electron chi connectivity index (χ3n) is 4.05. The normalized spacial score (nSPS) is 16.8. The summed E-state index contributed by atoms with van der Waals surface area (Å²) < 4.78 is 15.2. The van der Waals surface area contributed by atoms with Gasteiger partial charge in [0.2, 0.25) is 0 Å². The summed E-state index contributed by atoms with van der Waals surface area (Å²) in [4.78, 5) is 26.0. The van der Waals surface area contributed by atoms with Crippen molar-refractivity contribution < 1.29 is 23.5 Å². The SMILES string of the molecule is COC(=O)c1coc(C(=O)NCC(CC(C)C)N2CCOCC2)c1. The fourth-order valence-electron chi connectivity index (χ4n) is 2.83. The van der Waals surface area contributed by atoms with E-state index in [9.17, 15) is 9.59 Å². The zero-order chi connectivity index (χ0) is 17.5. The Hall–Kier alpha value is -1.86. The molecule has 7 nitrogen and oxygen atoms in total. The first-order valence-corrected chi connectivity index (χ1v) is 8.28. The number of esters is 1. The van der Waals surface area contributed by atoms with Crippen LogP contribution in [0.4, 0.5) is 0 Å². The Bertz CT molecular complexity index is 549. The van der Waals surface area contributed by atoms with Crippen LogP contribution in [0.2, 0.25) is 0 Å². The van der Waals surface area contributed by atoms with Crippen molar-refractivity contribution in [3.63, 3.8) is 0 Å². The summed E-state index contributed by atoms with van der Waals surface area (Å²) in [5.41, 5.74) is 0.231. The highest BCUT2D eigenvalue weighted by Gasteiger charge is 2.23. The number of rotatable bonds is 7. The number of amides is 1. The molecule has 0 spiro atoms. The van der Waals surface area contributed by atoms with E-state index in [0.29, 0.717) is 12.5 Å². The number of hydrogen-bond acceptors (Lipinski definition) is 6. The fraction of sp³-hybridized carbons (Fsp3) is 0.647. The minimum atomic E-state index is -0.524. The Labute approximate surface area is 142 Å². The fourth-order valence-corrected chi connectivity index (χ4v) is 2.83. The van der Waals surface area contributed by atoms with Crippen LogP contribution in [0.5, 0.6) is 0 Å². The summed E-state index contributed by atoms with van der Waals surface area (Å²) in [7, 11) is 1.29. The minimum absolute atomic E-state index is 0.112. The lowest BCUT2D eigenvalue weighted by Crippen LogP contribution is -2.49. The first kappa shape index (κ1) is 18.5. The van der Waals surface area contributed by atoms with E-state index in [4.69, 9.17) is 9.15 Å². The monoisotopic (exact) mass is 338 g/mol. The van der Waals surface area contributed by atoms with Crippen LogP contribution in [0, 0.1) is 5.92 Å². The maximum Gasteiger partial charge on any atom is 0.341 e. The van der Waals surface area contributed by atoms with Gasteiger partial charge in [-0.1, -0.05) is 13.8 Å². The predicted octanol–water partition coefficient (Wildman–Crippen LogP) is 1.54. The average Bonchev–Trinajstić information content (AvgIpc) is 3.08. The third kappa shape index (κ3) is 5.07. The number of carbonyl (C=O) groups is 2. The Morgan fingerprint density at radius 2 is 2.04 bits per heavy atom. The summed E-state index contributed by atoms with van der Waals surface area (Å²) in [6.45, 7) is 8.08. The highest BCUT2D eigenvalue weighted by Crippen LogP contribution is 2.14. The maximum atomic E-state index is 12.2. The first-order chi connectivity index (χ1) is 11.5. The summed E-state index contributed by atoms with van der Waals surface area (Å²) >= 11 is 0. The summed E-state index contributed by atoms with van der Waals surface area (Å²) in [5.74, 6) is -0.207. The number of furan rings is 1. The van der Waals surface area contributed by atoms with Crippen LogP contribution < -0.4 is 5.32 Å². The van der Waals surface area contributed by atoms with Crippen LogP contribution in [0.25, 0.3) is 0 Å². The Morgan fingerprint density at radius 1 is 1.33 bits per heavy atom. The van der Waals surface area contributed by atoms with E-state index < -0.39 is 5.97 Å². The second-order valence-electron chi connectivity index (χ2n) is 6.33. The van der Waals surface area contributed by atoms with Gasteiger partial charge in [0.1, 0.15) is 6.26 Å². The molecule has 0 aromatic carbocycles.